The number of fused-ring (bicyclic) bond motifs is 1. The van der Waals surface area contributed by atoms with E-state index in [1.807, 2.05) is 10.6 Å². The standard InChI is InChI=1S/C9H10BrN3OS/c1-14-3-2-13-8-7(12-9(13)15)4-6(10)5-11-8/h4-5H,2-3H2,1H3,(H,12,15). The number of hydrogen-bond acceptors (Lipinski definition) is 3. The van der Waals surface area contributed by atoms with E-state index in [0.29, 0.717) is 17.9 Å². The van der Waals surface area contributed by atoms with Crippen LogP contribution in [0, 0.1) is 4.77 Å². The number of hydrogen-bond donors (Lipinski definition) is 1. The molecule has 0 radical (unpaired) electrons. The van der Waals surface area contributed by atoms with Crippen molar-refractivity contribution in [3.63, 3.8) is 0 Å². The Labute approximate surface area is 100 Å². The highest BCUT2D eigenvalue weighted by Gasteiger charge is 2.05. The molecule has 0 saturated heterocycles. The summed E-state index contributed by atoms with van der Waals surface area (Å²) in [5.41, 5.74) is 1.80. The monoisotopic (exact) mass is 287 g/mol. The Hall–Kier alpha value is -0.720. The van der Waals surface area contributed by atoms with E-state index in [9.17, 15) is 0 Å². The third-order valence-corrected chi connectivity index (χ3v) is 2.85. The summed E-state index contributed by atoms with van der Waals surface area (Å²) in [5.74, 6) is 0. The number of aromatic nitrogens is 3. The lowest BCUT2D eigenvalue weighted by Crippen LogP contribution is -2.04. The Bertz CT molecular complexity index is 534. The Kier molecular flexibility index (Phi) is 3.18. The summed E-state index contributed by atoms with van der Waals surface area (Å²) in [6, 6.07) is 1.96. The number of aromatic amines is 1. The highest BCUT2D eigenvalue weighted by molar-refractivity contribution is 9.10. The van der Waals surface area contributed by atoms with Crippen LogP contribution in [0.2, 0.25) is 0 Å². The van der Waals surface area contributed by atoms with E-state index >= 15 is 0 Å². The SMILES string of the molecule is COCCn1c(=S)[nH]c2cc(Br)cnc21. The van der Waals surface area contributed by atoms with Crippen LogP contribution in [0.15, 0.2) is 16.7 Å². The average molecular weight is 288 g/mol. The third-order valence-electron chi connectivity index (χ3n) is 2.09. The maximum absolute atomic E-state index is 5.21. The number of nitrogens with zero attached hydrogens (tertiary/aromatic N) is 2. The van der Waals surface area contributed by atoms with Gasteiger partial charge in [0.1, 0.15) is 0 Å². The van der Waals surface area contributed by atoms with Gasteiger partial charge in [-0.1, -0.05) is 0 Å². The summed E-state index contributed by atoms with van der Waals surface area (Å²) in [6.45, 7) is 1.34. The van der Waals surface area contributed by atoms with Crippen molar-refractivity contribution in [1.82, 2.24) is 14.5 Å². The first-order valence-corrected chi connectivity index (χ1v) is 5.65. The molecule has 0 atom stereocenters. The highest BCUT2D eigenvalue weighted by atomic mass is 79.9. The molecular formula is C9H10BrN3OS. The number of H-pyrrole nitrogens is 1. The van der Waals surface area contributed by atoms with Gasteiger partial charge in [0.2, 0.25) is 0 Å². The molecule has 2 rings (SSSR count). The van der Waals surface area contributed by atoms with Gasteiger partial charge in [-0.25, -0.2) is 4.98 Å². The van der Waals surface area contributed by atoms with Gasteiger partial charge in [0.15, 0.2) is 10.4 Å². The molecule has 0 amide bonds. The van der Waals surface area contributed by atoms with E-state index in [4.69, 9.17) is 17.0 Å². The smallest absolute Gasteiger partial charge is 0.179 e. The molecule has 80 valence electrons. The molecule has 0 aromatic carbocycles. The Morgan fingerprint density at radius 1 is 1.67 bits per heavy atom. The topological polar surface area (TPSA) is 42.8 Å². The van der Waals surface area contributed by atoms with Crippen molar-refractivity contribution < 1.29 is 4.74 Å². The highest BCUT2D eigenvalue weighted by Crippen LogP contribution is 2.16. The second-order valence-corrected chi connectivity index (χ2v) is 4.40. The molecule has 15 heavy (non-hydrogen) atoms. The van der Waals surface area contributed by atoms with Crippen molar-refractivity contribution in [2.24, 2.45) is 0 Å². The van der Waals surface area contributed by atoms with Gasteiger partial charge in [0.25, 0.3) is 0 Å². The van der Waals surface area contributed by atoms with Crippen LogP contribution in [0.3, 0.4) is 0 Å². The number of methoxy groups -OCH3 is 1. The van der Waals surface area contributed by atoms with Crippen LogP contribution in [0.25, 0.3) is 11.2 Å². The number of rotatable bonds is 3. The van der Waals surface area contributed by atoms with E-state index in [1.54, 1.807) is 13.3 Å². The zero-order chi connectivity index (χ0) is 10.8. The summed E-state index contributed by atoms with van der Waals surface area (Å²) in [4.78, 5) is 7.42. The molecule has 0 spiro atoms. The minimum Gasteiger partial charge on any atom is -0.383 e. The second kappa shape index (κ2) is 4.42. The maximum Gasteiger partial charge on any atom is 0.179 e. The maximum atomic E-state index is 5.21. The van der Waals surface area contributed by atoms with Crippen molar-refractivity contribution >= 4 is 39.3 Å². The van der Waals surface area contributed by atoms with Gasteiger partial charge in [0, 0.05) is 17.8 Å². The fraction of sp³-hybridized carbons (Fsp3) is 0.333. The fourth-order valence-corrected chi connectivity index (χ4v) is 2.03. The Balaban J connectivity index is 2.53. The lowest BCUT2D eigenvalue weighted by atomic mass is 10.4. The molecule has 0 bridgehead atoms. The first-order chi connectivity index (χ1) is 7.22. The van der Waals surface area contributed by atoms with Crippen LogP contribution in [0.1, 0.15) is 0 Å². The number of pyridine rings is 1. The van der Waals surface area contributed by atoms with Crippen molar-refractivity contribution in [1.29, 1.82) is 0 Å². The van der Waals surface area contributed by atoms with E-state index in [0.717, 1.165) is 15.6 Å². The van der Waals surface area contributed by atoms with Crippen molar-refractivity contribution in [3.05, 3.63) is 21.5 Å². The quantitative estimate of drug-likeness (QED) is 0.882. The summed E-state index contributed by atoms with van der Waals surface area (Å²) >= 11 is 8.57. The zero-order valence-electron chi connectivity index (χ0n) is 8.16. The van der Waals surface area contributed by atoms with Gasteiger partial charge in [-0.15, -0.1) is 0 Å². The molecule has 0 aliphatic carbocycles. The minimum absolute atomic E-state index is 0.624. The lowest BCUT2D eigenvalue weighted by Gasteiger charge is -2.01. The van der Waals surface area contributed by atoms with Crippen LogP contribution in [0.5, 0.6) is 0 Å². The number of nitrogens with one attached hydrogen (secondary N) is 1. The van der Waals surface area contributed by atoms with Gasteiger partial charge in [-0.3, -0.25) is 4.57 Å². The van der Waals surface area contributed by atoms with E-state index in [2.05, 4.69) is 25.9 Å². The molecule has 6 heteroatoms. The van der Waals surface area contributed by atoms with Gasteiger partial charge in [-0.05, 0) is 34.2 Å². The first kappa shape index (κ1) is 10.8. The summed E-state index contributed by atoms with van der Waals surface area (Å²) in [5, 5.41) is 0. The third kappa shape index (κ3) is 2.11. The number of halogens is 1. The molecule has 2 aromatic rings. The van der Waals surface area contributed by atoms with Gasteiger partial charge < -0.3 is 9.72 Å². The molecule has 0 aliphatic heterocycles. The predicted molar refractivity (Wildman–Crippen MR) is 64.5 cm³/mol. The minimum atomic E-state index is 0.624. The molecule has 2 aromatic heterocycles. The average Bonchev–Trinajstić information content (AvgIpc) is 2.50. The molecule has 0 unspecified atom stereocenters. The molecule has 4 nitrogen and oxygen atoms in total. The van der Waals surface area contributed by atoms with Crippen molar-refractivity contribution in [3.8, 4) is 0 Å². The number of ether oxygens (including phenoxy) is 1. The van der Waals surface area contributed by atoms with Crippen LogP contribution in [0.4, 0.5) is 0 Å². The molecule has 0 saturated carbocycles. The summed E-state index contributed by atoms with van der Waals surface area (Å²) < 4.78 is 8.56. The second-order valence-electron chi connectivity index (χ2n) is 3.10. The fourth-order valence-electron chi connectivity index (χ4n) is 1.41. The first-order valence-electron chi connectivity index (χ1n) is 4.45. The van der Waals surface area contributed by atoms with Crippen LogP contribution < -0.4 is 0 Å². The van der Waals surface area contributed by atoms with E-state index in [-0.39, 0.29) is 0 Å². The zero-order valence-corrected chi connectivity index (χ0v) is 10.6. The molecule has 2 heterocycles. The molecule has 1 N–H and O–H groups in total. The van der Waals surface area contributed by atoms with E-state index in [1.165, 1.54) is 0 Å². The normalized spacial score (nSPS) is 11.1. The summed E-state index contributed by atoms with van der Waals surface area (Å²) in [6.07, 6.45) is 1.76. The summed E-state index contributed by atoms with van der Waals surface area (Å²) in [7, 11) is 1.67. The van der Waals surface area contributed by atoms with Crippen LogP contribution >= 0.6 is 28.1 Å². The van der Waals surface area contributed by atoms with E-state index < -0.39 is 0 Å². The lowest BCUT2D eigenvalue weighted by molar-refractivity contribution is 0.188. The Morgan fingerprint density at radius 2 is 2.47 bits per heavy atom. The van der Waals surface area contributed by atoms with Crippen LogP contribution in [-0.2, 0) is 11.3 Å². The van der Waals surface area contributed by atoms with Crippen molar-refractivity contribution in [2.75, 3.05) is 13.7 Å². The number of imidazole rings is 1. The molecule has 0 aliphatic rings. The van der Waals surface area contributed by atoms with Gasteiger partial charge in [0.05, 0.1) is 18.7 Å². The molecule has 0 fully saturated rings. The molecular weight excluding hydrogens is 278 g/mol. The predicted octanol–water partition coefficient (Wildman–Crippen LogP) is 2.50. The Morgan fingerprint density at radius 3 is 3.20 bits per heavy atom. The van der Waals surface area contributed by atoms with Gasteiger partial charge >= 0.3 is 0 Å². The van der Waals surface area contributed by atoms with Crippen molar-refractivity contribution in [2.45, 2.75) is 6.54 Å². The largest absolute Gasteiger partial charge is 0.383 e. The van der Waals surface area contributed by atoms with Gasteiger partial charge in [-0.2, -0.15) is 0 Å². The van der Waals surface area contributed by atoms with Crippen LogP contribution in [-0.4, -0.2) is 28.3 Å².